The fourth-order valence-electron chi connectivity index (χ4n) is 3.59. The van der Waals surface area contributed by atoms with Gasteiger partial charge in [0.2, 0.25) is 5.91 Å². The molecule has 2 aromatic heterocycles. The number of benzene rings is 1. The van der Waals surface area contributed by atoms with Gasteiger partial charge in [0.15, 0.2) is 11.6 Å². The SMILES string of the molecule is CC(CCN1CCCC1)C(=O)Nc1n[nH]c(-c2ccc3ncccc3c2)c1F. The van der Waals surface area contributed by atoms with Gasteiger partial charge in [0.05, 0.1) is 5.52 Å². The highest BCUT2D eigenvalue weighted by Crippen LogP contribution is 2.27. The van der Waals surface area contributed by atoms with Gasteiger partial charge in [-0.1, -0.05) is 19.1 Å². The smallest absolute Gasteiger partial charge is 0.228 e. The van der Waals surface area contributed by atoms with Crippen molar-refractivity contribution in [2.45, 2.75) is 26.2 Å². The lowest BCUT2D eigenvalue weighted by molar-refractivity contribution is -0.119. The molecule has 1 atom stereocenters. The summed E-state index contributed by atoms with van der Waals surface area (Å²) in [5.74, 6) is -1.02. The van der Waals surface area contributed by atoms with E-state index in [1.807, 2.05) is 31.2 Å². The van der Waals surface area contributed by atoms with Crippen LogP contribution in [0.25, 0.3) is 22.2 Å². The largest absolute Gasteiger partial charge is 0.307 e. The first kappa shape index (κ1) is 18.6. The van der Waals surface area contributed by atoms with Crippen LogP contribution < -0.4 is 5.32 Å². The zero-order valence-corrected chi connectivity index (χ0v) is 15.9. The van der Waals surface area contributed by atoms with Crippen molar-refractivity contribution in [2.75, 3.05) is 25.0 Å². The summed E-state index contributed by atoms with van der Waals surface area (Å²) < 4.78 is 14.8. The third kappa shape index (κ3) is 3.89. The van der Waals surface area contributed by atoms with Gasteiger partial charge in [0.25, 0.3) is 0 Å². The van der Waals surface area contributed by atoms with Crippen LogP contribution in [-0.2, 0) is 4.79 Å². The lowest BCUT2D eigenvalue weighted by atomic mass is 10.1. The Balaban J connectivity index is 1.44. The van der Waals surface area contributed by atoms with E-state index in [-0.39, 0.29) is 23.3 Å². The van der Waals surface area contributed by atoms with Crippen LogP contribution >= 0.6 is 0 Å². The molecule has 1 amide bonds. The Kier molecular flexibility index (Phi) is 5.34. The first-order valence-corrected chi connectivity index (χ1v) is 9.74. The molecule has 0 aliphatic carbocycles. The summed E-state index contributed by atoms with van der Waals surface area (Å²) in [5, 5.41) is 10.2. The number of nitrogens with zero attached hydrogens (tertiary/aromatic N) is 3. The van der Waals surface area contributed by atoms with Gasteiger partial charge < -0.3 is 10.2 Å². The average molecular weight is 381 g/mol. The maximum Gasteiger partial charge on any atom is 0.228 e. The Hall–Kier alpha value is -2.80. The number of aromatic amines is 1. The number of rotatable bonds is 6. The number of hydrogen-bond acceptors (Lipinski definition) is 4. The topological polar surface area (TPSA) is 73.9 Å². The van der Waals surface area contributed by atoms with Gasteiger partial charge in [0.1, 0.15) is 5.69 Å². The zero-order chi connectivity index (χ0) is 19.5. The van der Waals surface area contributed by atoms with E-state index in [0.29, 0.717) is 5.56 Å². The molecule has 3 heterocycles. The van der Waals surface area contributed by atoms with Gasteiger partial charge in [-0.05, 0) is 57.1 Å². The Morgan fingerprint density at radius 3 is 2.96 bits per heavy atom. The van der Waals surface area contributed by atoms with Crippen LogP contribution in [-0.4, -0.2) is 45.6 Å². The zero-order valence-electron chi connectivity index (χ0n) is 15.9. The van der Waals surface area contributed by atoms with E-state index in [4.69, 9.17) is 0 Å². The van der Waals surface area contributed by atoms with E-state index in [9.17, 15) is 9.18 Å². The third-order valence-electron chi connectivity index (χ3n) is 5.36. The summed E-state index contributed by atoms with van der Waals surface area (Å²) in [6, 6.07) is 9.23. The first-order chi connectivity index (χ1) is 13.6. The van der Waals surface area contributed by atoms with Crippen molar-refractivity contribution in [3.05, 3.63) is 42.3 Å². The van der Waals surface area contributed by atoms with Crippen LogP contribution in [0.5, 0.6) is 0 Å². The van der Waals surface area contributed by atoms with E-state index in [2.05, 4.69) is 25.4 Å². The predicted molar refractivity (Wildman–Crippen MR) is 107 cm³/mol. The summed E-state index contributed by atoms with van der Waals surface area (Å²) >= 11 is 0. The Morgan fingerprint density at radius 2 is 2.14 bits per heavy atom. The van der Waals surface area contributed by atoms with Gasteiger partial charge in [0, 0.05) is 23.1 Å². The molecule has 0 saturated carbocycles. The molecule has 7 heteroatoms. The summed E-state index contributed by atoms with van der Waals surface area (Å²) in [4.78, 5) is 19.1. The van der Waals surface area contributed by atoms with Crippen molar-refractivity contribution >= 4 is 22.6 Å². The number of nitrogens with one attached hydrogen (secondary N) is 2. The van der Waals surface area contributed by atoms with E-state index >= 15 is 0 Å². The van der Waals surface area contributed by atoms with Gasteiger partial charge in [-0.15, -0.1) is 0 Å². The number of amides is 1. The van der Waals surface area contributed by atoms with Crippen LogP contribution in [0.2, 0.25) is 0 Å². The molecule has 1 saturated heterocycles. The predicted octanol–water partition coefficient (Wildman–Crippen LogP) is 3.82. The van der Waals surface area contributed by atoms with Crippen molar-refractivity contribution in [3.63, 3.8) is 0 Å². The molecule has 0 bridgehead atoms. The molecule has 0 radical (unpaired) electrons. The van der Waals surface area contributed by atoms with Gasteiger partial charge in [-0.3, -0.25) is 14.9 Å². The second kappa shape index (κ2) is 8.06. The maximum atomic E-state index is 14.8. The lowest BCUT2D eigenvalue weighted by Crippen LogP contribution is -2.27. The van der Waals surface area contributed by atoms with E-state index in [0.717, 1.165) is 37.0 Å². The van der Waals surface area contributed by atoms with Crippen molar-refractivity contribution in [1.29, 1.82) is 0 Å². The van der Waals surface area contributed by atoms with Crippen molar-refractivity contribution in [1.82, 2.24) is 20.1 Å². The van der Waals surface area contributed by atoms with Crippen LogP contribution in [0.1, 0.15) is 26.2 Å². The molecule has 2 N–H and O–H groups in total. The minimum atomic E-state index is -0.552. The van der Waals surface area contributed by atoms with Gasteiger partial charge in [-0.2, -0.15) is 5.10 Å². The fraction of sp³-hybridized carbons (Fsp3) is 0.381. The summed E-state index contributed by atoms with van der Waals surface area (Å²) in [6.45, 7) is 4.97. The summed E-state index contributed by atoms with van der Waals surface area (Å²) in [5.41, 5.74) is 1.75. The fourth-order valence-corrected chi connectivity index (χ4v) is 3.59. The molecule has 1 aliphatic rings. The second-order valence-electron chi connectivity index (χ2n) is 7.40. The number of pyridine rings is 1. The molecular weight excluding hydrogens is 357 g/mol. The first-order valence-electron chi connectivity index (χ1n) is 9.74. The molecule has 6 nitrogen and oxygen atoms in total. The van der Waals surface area contributed by atoms with Crippen molar-refractivity contribution in [2.24, 2.45) is 5.92 Å². The Bertz CT molecular complexity index is 980. The standard InChI is InChI=1S/C21H24FN5O/c1-14(8-12-27-10-2-3-11-27)21(28)24-20-18(22)19(25-26-20)16-6-7-17-15(13-16)5-4-9-23-17/h4-7,9,13-14H,2-3,8,10-12H2,1H3,(H2,24,25,26,28). The van der Waals surface area contributed by atoms with E-state index < -0.39 is 5.82 Å². The molecule has 146 valence electrons. The monoisotopic (exact) mass is 381 g/mol. The van der Waals surface area contributed by atoms with Crippen LogP contribution in [0.15, 0.2) is 36.5 Å². The number of fused-ring (bicyclic) bond motifs is 1. The van der Waals surface area contributed by atoms with Crippen LogP contribution in [0.3, 0.4) is 0 Å². The van der Waals surface area contributed by atoms with Gasteiger partial charge in [-0.25, -0.2) is 4.39 Å². The Morgan fingerprint density at radius 1 is 1.32 bits per heavy atom. The van der Waals surface area contributed by atoms with Gasteiger partial charge >= 0.3 is 0 Å². The molecule has 0 spiro atoms. The van der Waals surface area contributed by atoms with Crippen molar-refractivity contribution < 1.29 is 9.18 Å². The molecule has 1 fully saturated rings. The van der Waals surface area contributed by atoms with Crippen LogP contribution in [0.4, 0.5) is 10.2 Å². The molecule has 3 aromatic rings. The van der Waals surface area contributed by atoms with Crippen LogP contribution in [0, 0.1) is 11.7 Å². The highest BCUT2D eigenvalue weighted by atomic mass is 19.1. The highest BCUT2D eigenvalue weighted by Gasteiger charge is 2.21. The number of halogens is 1. The molecule has 1 aromatic carbocycles. The molecule has 4 rings (SSSR count). The number of carbonyl (C=O) groups excluding carboxylic acids is 1. The second-order valence-corrected chi connectivity index (χ2v) is 7.40. The minimum Gasteiger partial charge on any atom is -0.307 e. The maximum absolute atomic E-state index is 14.8. The molecular formula is C21H24FN5O. The van der Waals surface area contributed by atoms with E-state index in [1.54, 1.807) is 12.3 Å². The lowest BCUT2D eigenvalue weighted by Gasteiger charge is -2.17. The highest BCUT2D eigenvalue weighted by molar-refractivity contribution is 5.92. The van der Waals surface area contributed by atoms with Crippen molar-refractivity contribution in [3.8, 4) is 11.3 Å². The number of H-pyrrole nitrogens is 1. The number of aromatic nitrogens is 3. The summed E-state index contributed by atoms with van der Waals surface area (Å²) in [6.07, 6.45) is 4.93. The average Bonchev–Trinajstić information content (AvgIpc) is 3.36. The molecule has 28 heavy (non-hydrogen) atoms. The summed E-state index contributed by atoms with van der Waals surface area (Å²) in [7, 11) is 0. The Labute approximate surface area is 163 Å². The molecule has 1 unspecified atom stereocenters. The number of likely N-dealkylation sites (tertiary alicyclic amines) is 1. The van der Waals surface area contributed by atoms with E-state index in [1.165, 1.54) is 12.8 Å². The number of hydrogen-bond donors (Lipinski definition) is 2. The minimum absolute atomic E-state index is 0.0562. The molecule has 1 aliphatic heterocycles. The number of anilines is 1. The number of carbonyl (C=O) groups is 1. The quantitative estimate of drug-likeness (QED) is 0.681. The third-order valence-corrected chi connectivity index (χ3v) is 5.36. The normalized spacial score (nSPS) is 15.8.